The molecule has 10 heteroatoms. The fourth-order valence-electron chi connectivity index (χ4n) is 8.94. The van der Waals surface area contributed by atoms with E-state index in [1.54, 1.807) is 6.08 Å². The van der Waals surface area contributed by atoms with Gasteiger partial charge in [-0.3, -0.25) is 14.2 Å². The summed E-state index contributed by atoms with van der Waals surface area (Å²) in [6.07, 6.45) is 87.2. The number of nitrogens with one attached hydrogen (secondary N) is 1. The molecule has 0 fully saturated rings. The summed E-state index contributed by atoms with van der Waals surface area (Å²) in [4.78, 5) is 40.1. The van der Waals surface area contributed by atoms with Crippen LogP contribution < -0.4 is 10.2 Å². The van der Waals surface area contributed by atoms with E-state index in [2.05, 4.69) is 135 Å². The molecule has 0 spiro atoms. The molecule has 1 amide bonds. The van der Waals surface area contributed by atoms with Crippen molar-refractivity contribution >= 4 is 19.7 Å². The van der Waals surface area contributed by atoms with Crippen molar-refractivity contribution in [3.63, 3.8) is 0 Å². The van der Waals surface area contributed by atoms with Crippen molar-refractivity contribution in [1.82, 2.24) is 5.32 Å². The first-order valence-electron chi connectivity index (χ1n) is 33.5. The minimum atomic E-state index is -4.73. The number of ether oxygens (including phenoxy) is 1. The fraction of sp³-hybridized carbons (Fsp3) is 0.671. The molecule has 1 N–H and O–H groups in total. The van der Waals surface area contributed by atoms with Gasteiger partial charge in [0.15, 0.2) is 0 Å². The van der Waals surface area contributed by atoms with Crippen molar-refractivity contribution in [3.05, 3.63) is 134 Å². The minimum absolute atomic E-state index is 0.0417. The summed E-state index contributed by atoms with van der Waals surface area (Å²) in [5.41, 5.74) is 0. The van der Waals surface area contributed by atoms with Crippen LogP contribution in [0.25, 0.3) is 0 Å². The maximum Gasteiger partial charge on any atom is 0.306 e. The lowest BCUT2D eigenvalue weighted by molar-refractivity contribution is -0.870. The van der Waals surface area contributed by atoms with Gasteiger partial charge in [0.25, 0.3) is 7.82 Å². The number of phosphoric ester groups is 1. The van der Waals surface area contributed by atoms with Gasteiger partial charge in [-0.05, 0) is 115 Å². The lowest BCUT2D eigenvalue weighted by Crippen LogP contribution is -2.47. The van der Waals surface area contributed by atoms with Crippen LogP contribution in [0.3, 0.4) is 0 Å². The Kier molecular flexibility index (Phi) is 58.4. The van der Waals surface area contributed by atoms with Gasteiger partial charge in [0.1, 0.15) is 19.3 Å². The van der Waals surface area contributed by atoms with E-state index in [1.807, 2.05) is 39.4 Å². The molecule has 0 aliphatic heterocycles. The van der Waals surface area contributed by atoms with Gasteiger partial charge in [-0.25, -0.2) is 0 Å². The van der Waals surface area contributed by atoms with Gasteiger partial charge in [0.2, 0.25) is 5.91 Å². The highest BCUT2D eigenvalue weighted by Crippen LogP contribution is 2.38. The van der Waals surface area contributed by atoms with Crippen LogP contribution in [-0.2, 0) is 27.9 Å². The highest BCUT2D eigenvalue weighted by Gasteiger charge is 2.27. The Balaban J connectivity index is 5.30. The summed E-state index contributed by atoms with van der Waals surface area (Å²) in [6.45, 7) is 6.64. The van der Waals surface area contributed by atoms with Crippen LogP contribution in [0.4, 0.5) is 0 Å². The van der Waals surface area contributed by atoms with E-state index in [0.717, 1.165) is 103 Å². The second kappa shape index (κ2) is 61.2. The van der Waals surface area contributed by atoms with Crippen molar-refractivity contribution in [3.8, 4) is 0 Å². The molecule has 0 aromatic carbocycles. The van der Waals surface area contributed by atoms with E-state index in [0.29, 0.717) is 23.9 Å². The van der Waals surface area contributed by atoms with Gasteiger partial charge in [-0.15, -0.1) is 0 Å². The first kappa shape index (κ1) is 79.2. The number of phosphoric acid groups is 1. The molecule has 83 heavy (non-hydrogen) atoms. The summed E-state index contributed by atoms with van der Waals surface area (Å²) >= 11 is 0. The van der Waals surface area contributed by atoms with Gasteiger partial charge in [0, 0.05) is 12.8 Å². The predicted molar refractivity (Wildman–Crippen MR) is 357 cm³/mol. The highest BCUT2D eigenvalue weighted by atomic mass is 31.2. The summed E-state index contributed by atoms with van der Waals surface area (Å²) < 4.78 is 30.3. The number of unbranched alkanes of at least 4 members (excludes halogenated alkanes) is 23. The zero-order chi connectivity index (χ0) is 60.7. The summed E-state index contributed by atoms with van der Waals surface area (Å²) in [7, 11) is 1.13. The molecule has 0 aliphatic rings. The van der Waals surface area contributed by atoms with Crippen molar-refractivity contribution in [1.29, 1.82) is 0 Å². The molecule has 0 aromatic heterocycles. The zero-order valence-corrected chi connectivity index (χ0v) is 55.0. The third-order valence-corrected chi connectivity index (χ3v) is 15.0. The number of likely N-dealkylation sites (N-methyl/N-ethyl adjacent to an activating group) is 1. The van der Waals surface area contributed by atoms with Crippen LogP contribution in [0.2, 0.25) is 0 Å². The topological polar surface area (TPSA) is 114 Å². The number of quaternary nitrogens is 1. The second-order valence-corrected chi connectivity index (χ2v) is 24.6. The third kappa shape index (κ3) is 62.5. The largest absolute Gasteiger partial charge is 0.756 e. The number of hydrogen-bond donors (Lipinski definition) is 1. The smallest absolute Gasteiger partial charge is 0.306 e. The second-order valence-electron chi connectivity index (χ2n) is 23.2. The number of rotatable bonds is 59. The Morgan fingerprint density at radius 3 is 1.20 bits per heavy atom. The molecular weight excluding hydrogens is 1050 g/mol. The van der Waals surface area contributed by atoms with E-state index in [1.165, 1.54) is 116 Å². The van der Waals surface area contributed by atoms with Gasteiger partial charge >= 0.3 is 5.97 Å². The molecule has 0 rings (SSSR count). The molecule has 0 bridgehead atoms. The average Bonchev–Trinajstić information content (AvgIpc) is 3.46. The maximum absolute atomic E-state index is 13.6. The Bertz CT molecular complexity index is 1880. The number of nitrogens with zero attached hydrogens (tertiary/aromatic N) is 1. The van der Waals surface area contributed by atoms with E-state index in [9.17, 15) is 19.0 Å². The lowest BCUT2D eigenvalue weighted by atomic mass is 10.0. The fourth-order valence-corrected chi connectivity index (χ4v) is 9.67. The molecule has 0 radical (unpaired) electrons. The summed E-state index contributed by atoms with van der Waals surface area (Å²) in [5, 5.41) is 3.01. The molecule has 0 aromatic rings. The Morgan fingerprint density at radius 2 is 0.783 bits per heavy atom. The van der Waals surface area contributed by atoms with E-state index in [4.69, 9.17) is 13.8 Å². The van der Waals surface area contributed by atoms with Crippen LogP contribution in [0.5, 0.6) is 0 Å². The molecule has 3 unspecified atom stereocenters. The van der Waals surface area contributed by atoms with Crippen LogP contribution in [0, 0.1) is 0 Å². The average molecular weight is 1170 g/mol. The lowest BCUT2D eigenvalue weighted by Gasteiger charge is -2.30. The zero-order valence-electron chi connectivity index (χ0n) is 54.1. The van der Waals surface area contributed by atoms with Gasteiger partial charge in [-0.2, -0.15) is 0 Å². The van der Waals surface area contributed by atoms with Gasteiger partial charge < -0.3 is 28.5 Å². The maximum atomic E-state index is 13.6. The summed E-state index contributed by atoms with van der Waals surface area (Å²) in [6, 6.07) is -0.933. The number of carbonyl (C=O) groups is 2. The number of hydrogen-bond acceptors (Lipinski definition) is 7. The molecule has 0 saturated heterocycles. The summed E-state index contributed by atoms with van der Waals surface area (Å²) in [5.74, 6) is -0.652. The number of carbonyl (C=O) groups excluding carboxylic acids is 2. The number of esters is 1. The van der Waals surface area contributed by atoms with Crippen LogP contribution in [0.1, 0.15) is 265 Å². The normalized spacial score (nSPS) is 14.4. The molecule has 0 aliphatic carbocycles. The first-order valence-corrected chi connectivity index (χ1v) is 35.0. The minimum Gasteiger partial charge on any atom is -0.756 e. The van der Waals surface area contributed by atoms with Crippen molar-refractivity contribution < 1.29 is 37.3 Å². The van der Waals surface area contributed by atoms with Gasteiger partial charge in [0.05, 0.1) is 33.8 Å². The number of amides is 1. The molecule has 0 heterocycles. The Morgan fingerprint density at radius 1 is 0.434 bits per heavy atom. The predicted octanol–water partition coefficient (Wildman–Crippen LogP) is 20.6. The van der Waals surface area contributed by atoms with Crippen molar-refractivity contribution in [2.45, 2.75) is 277 Å². The van der Waals surface area contributed by atoms with Crippen LogP contribution >= 0.6 is 7.82 Å². The molecule has 9 nitrogen and oxygen atoms in total. The van der Waals surface area contributed by atoms with Crippen LogP contribution in [-0.4, -0.2) is 69.4 Å². The standard InChI is InChI=1S/C73H125N2O7P/c1-7-10-13-16-19-22-25-28-30-32-34-35-36-37-38-39-41-42-44-47-50-53-56-59-62-65-72(76)74-70(69-81-83(78,79)80-68-67-75(4,5)6)71(64-61-58-55-52-49-46-27-24-21-18-15-12-9-3)82-73(77)66-63-60-57-54-51-48-45-43-40-33-31-29-26-23-20-17-14-11-8-2/h11,14,19-20,22-23,28-31,34-35,37-38,40,43,48,51,57,60-61,64,70-71H,7-10,12-13,15-18,21,24-27,32-33,36,39,41-42,44-47,49-50,52-56,58-59,62-63,65-69H2,1-6H3,(H-,74,76,78,79)/b14-11-,22-19-,23-20-,30-28-,31-29-,35-34-,38-37-,43-40-,51-48-,60-57-,64-61-. The van der Waals surface area contributed by atoms with Gasteiger partial charge in [-0.1, -0.05) is 270 Å². The van der Waals surface area contributed by atoms with E-state index < -0.39 is 32.5 Å². The van der Waals surface area contributed by atoms with E-state index >= 15 is 0 Å². The monoisotopic (exact) mass is 1170 g/mol. The molecule has 474 valence electrons. The number of allylic oxidation sites excluding steroid dienone is 21. The van der Waals surface area contributed by atoms with E-state index in [-0.39, 0.29) is 25.4 Å². The van der Waals surface area contributed by atoms with Crippen molar-refractivity contribution in [2.75, 3.05) is 40.9 Å². The molecule has 3 atom stereocenters. The third-order valence-electron chi connectivity index (χ3n) is 14.1. The van der Waals surface area contributed by atoms with Crippen LogP contribution in [0.15, 0.2) is 134 Å². The van der Waals surface area contributed by atoms with Crippen molar-refractivity contribution in [2.24, 2.45) is 0 Å². The highest BCUT2D eigenvalue weighted by molar-refractivity contribution is 7.45. The SMILES string of the molecule is CC/C=C\C/C=C\C/C=C\C/C=C\C/C=C\C/C=C\CCC(=O)OC(/C=C\CCCCCCCCCCCCC)C(COP(=O)([O-])OCC[N+](C)(C)C)NC(=O)CCCCCCCCCCC/C=C\C/C=C\C/C=C\C/C=C\CCCCC. The Hall–Kier alpha value is -3.85. The molecule has 0 saturated carbocycles. The Labute approximate surface area is 511 Å². The molecular formula is C73H125N2O7P. The quantitative estimate of drug-likeness (QED) is 0.0212. The first-order chi connectivity index (χ1) is 40.4.